The number of rotatable bonds is 4. The van der Waals surface area contributed by atoms with E-state index in [1.54, 1.807) is 19.2 Å². The molecule has 3 N–H and O–H groups in total. The zero-order valence-corrected chi connectivity index (χ0v) is 16.4. The van der Waals surface area contributed by atoms with E-state index >= 15 is 0 Å². The molecule has 0 radical (unpaired) electrons. The van der Waals surface area contributed by atoms with E-state index in [4.69, 9.17) is 4.74 Å². The van der Waals surface area contributed by atoms with Gasteiger partial charge in [0.25, 0.3) is 5.91 Å². The predicted molar refractivity (Wildman–Crippen MR) is 110 cm³/mol. The van der Waals surface area contributed by atoms with E-state index < -0.39 is 0 Å². The molecular weight excluding hydrogens is 352 g/mol. The molecule has 2 aromatic rings. The fourth-order valence-corrected chi connectivity index (χ4v) is 4.38. The van der Waals surface area contributed by atoms with Gasteiger partial charge in [-0.3, -0.25) is 4.79 Å². The summed E-state index contributed by atoms with van der Waals surface area (Å²) in [6.07, 6.45) is 5.41. The average Bonchev–Trinajstić information content (AvgIpc) is 3.16. The lowest BCUT2D eigenvalue weighted by molar-refractivity contribution is 0.0943. The summed E-state index contributed by atoms with van der Waals surface area (Å²) < 4.78 is 5.18. The van der Waals surface area contributed by atoms with Crippen LogP contribution in [-0.4, -0.2) is 24.2 Å². The zero-order chi connectivity index (χ0) is 19.8. The van der Waals surface area contributed by atoms with Gasteiger partial charge in [-0.2, -0.15) is 0 Å². The highest BCUT2D eigenvalue weighted by Gasteiger charge is 2.39. The summed E-state index contributed by atoms with van der Waals surface area (Å²) in [5.74, 6) is 1.09. The van der Waals surface area contributed by atoms with Crippen molar-refractivity contribution in [2.24, 2.45) is 5.92 Å². The molecule has 146 valence electrons. The number of allylic oxidation sites excluding steroid dienone is 2. The van der Waals surface area contributed by atoms with Crippen molar-refractivity contribution in [3.63, 3.8) is 0 Å². The van der Waals surface area contributed by atoms with E-state index in [0.717, 1.165) is 23.2 Å². The second-order valence-corrected chi connectivity index (χ2v) is 7.80. The van der Waals surface area contributed by atoms with E-state index in [1.807, 2.05) is 32.0 Å². The largest absolute Gasteiger partial charge is 0.504 e. The number of para-hydroxylation sites is 1. The first-order valence-corrected chi connectivity index (χ1v) is 9.73. The smallest absolute Gasteiger partial charge is 0.253 e. The number of methoxy groups -OCH3 is 1. The number of nitrogens with one attached hydrogen (secondary N) is 2. The number of phenolic OH excluding ortho intramolecular Hbond substituents is 1. The van der Waals surface area contributed by atoms with Crippen molar-refractivity contribution in [1.29, 1.82) is 0 Å². The van der Waals surface area contributed by atoms with Gasteiger partial charge in [0.15, 0.2) is 11.5 Å². The summed E-state index contributed by atoms with van der Waals surface area (Å²) in [6, 6.07) is 11.5. The third-order valence-electron chi connectivity index (χ3n) is 5.62. The van der Waals surface area contributed by atoms with Crippen LogP contribution >= 0.6 is 0 Å². The number of hydrogen-bond donors (Lipinski definition) is 3. The second kappa shape index (κ2) is 7.23. The van der Waals surface area contributed by atoms with E-state index in [0.29, 0.717) is 17.2 Å². The molecule has 1 aliphatic heterocycles. The van der Waals surface area contributed by atoms with Crippen LogP contribution < -0.4 is 15.4 Å². The molecule has 0 spiro atoms. The molecule has 2 aliphatic rings. The third kappa shape index (κ3) is 3.11. The minimum Gasteiger partial charge on any atom is -0.504 e. The summed E-state index contributed by atoms with van der Waals surface area (Å²) in [5.41, 5.74) is 3.69. The molecule has 1 aliphatic carbocycles. The van der Waals surface area contributed by atoms with Gasteiger partial charge in [0, 0.05) is 12.0 Å². The topological polar surface area (TPSA) is 70.6 Å². The third-order valence-corrected chi connectivity index (χ3v) is 5.62. The summed E-state index contributed by atoms with van der Waals surface area (Å²) in [7, 11) is 1.54. The van der Waals surface area contributed by atoms with Crippen molar-refractivity contribution in [3.05, 3.63) is 65.2 Å². The molecule has 5 nitrogen and oxygen atoms in total. The monoisotopic (exact) mass is 378 g/mol. The molecule has 3 atom stereocenters. The first-order chi connectivity index (χ1) is 13.5. The van der Waals surface area contributed by atoms with E-state index in [9.17, 15) is 9.90 Å². The minimum atomic E-state index is -0.0731. The van der Waals surface area contributed by atoms with Gasteiger partial charge in [0.1, 0.15) is 0 Å². The van der Waals surface area contributed by atoms with Gasteiger partial charge in [-0.05, 0) is 55.5 Å². The molecule has 1 heterocycles. The Morgan fingerprint density at radius 2 is 2.11 bits per heavy atom. The van der Waals surface area contributed by atoms with Crippen LogP contribution in [0.15, 0.2) is 48.6 Å². The number of carbonyl (C=O) groups excluding carboxylic acids is 1. The Bertz CT molecular complexity index is 935. The number of ether oxygens (including phenoxy) is 1. The lowest BCUT2D eigenvalue weighted by Gasteiger charge is -2.38. The summed E-state index contributed by atoms with van der Waals surface area (Å²) in [6.45, 7) is 3.92. The number of phenols is 1. The molecule has 0 saturated carbocycles. The molecule has 0 bridgehead atoms. The number of fused-ring (bicyclic) bond motifs is 3. The highest BCUT2D eigenvalue weighted by molar-refractivity contribution is 6.01. The first-order valence-electron chi connectivity index (χ1n) is 9.73. The number of aromatic hydroxyl groups is 1. The average molecular weight is 378 g/mol. The van der Waals surface area contributed by atoms with Crippen LogP contribution in [0.5, 0.6) is 11.5 Å². The minimum absolute atomic E-state index is 0.00249. The summed E-state index contributed by atoms with van der Waals surface area (Å²) >= 11 is 0. The number of amides is 1. The number of anilines is 1. The van der Waals surface area contributed by atoms with Crippen LogP contribution in [0.1, 0.15) is 53.7 Å². The van der Waals surface area contributed by atoms with Crippen molar-refractivity contribution in [1.82, 2.24) is 5.32 Å². The lowest BCUT2D eigenvalue weighted by Crippen LogP contribution is -2.34. The van der Waals surface area contributed by atoms with Gasteiger partial charge >= 0.3 is 0 Å². The van der Waals surface area contributed by atoms with Gasteiger partial charge in [-0.15, -0.1) is 0 Å². The van der Waals surface area contributed by atoms with Crippen LogP contribution in [0, 0.1) is 5.92 Å². The van der Waals surface area contributed by atoms with Crippen molar-refractivity contribution in [3.8, 4) is 11.5 Å². The van der Waals surface area contributed by atoms with Crippen LogP contribution in [0.25, 0.3) is 0 Å². The highest BCUT2D eigenvalue weighted by atomic mass is 16.5. The molecule has 3 unspecified atom stereocenters. The Kier molecular flexibility index (Phi) is 4.75. The molecule has 2 aromatic carbocycles. The first kappa shape index (κ1) is 18.4. The maximum Gasteiger partial charge on any atom is 0.253 e. The highest BCUT2D eigenvalue weighted by Crippen LogP contribution is 2.51. The Labute approximate surface area is 165 Å². The maximum atomic E-state index is 12.8. The van der Waals surface area contributed by atoms with E-state index in [2.05, 4.69) is 28.9 Å². The van der Waals surface area contributed by atoms with Gasteiger partial charge in [-0.1, -0.05) is 30.4 Å². The maximum absolute atomic E-state index is 12.8. The van der Waals surface area contributed by atoms with Crippen molar-refractivity contribution in [2.45, 2.75) is 38.3 Å². The molecule has 4 rings (SSSR count). The van der Waals surface area contributed by atoms with E-state index in [-0.39, 0.29) is 29.7 Å². The summed E-state index contributed by atoms with van der Waals surface area (Å²) in [4.78, 5) is 12.8. The number of hydrogen-bond acceptors (Lipinski definition) is 4. The molecule has 5 heteroatoms. The van der Waals surface area contributed by atoms with Gasteiger partial charge in [0.2, 0.25) is 0 Å². The normalized spacial score (nSPS) is 22.4. The van der Waals surface area contributed by atoms with Crippen LogP contribution in [-0.2, 0) is 0 Å². The van der Waals surface area contributed by atoms with Gasteiger partial charge < -0.3 is 20.5 Å². The standard InChI is InChI=1S/C23H26N2O3/c1-13(2)24-23(27)18-9-5-8-17-15-6-4-7-16(15)21(25-22(17)18)14-10-11-20(28-3)19(26)12-14/h4-6,8-13,15-16,21,25-26H,7H2,1-3H3,(H,24,27). The van der Waals surface area contributed by atoms with E-state index in [1.165, 1.54) is 0 Å². The van der Waals surface area contributed by atoms with Gasteiger partial charge in [0.05, 0.1) is 24.4 Å². The van der Waals surface area contributed by atoms with Crippen LogP contribution in [0.2, 0.25) is 0 Å². The van der Waals surface area contributed by atoms with Crippen molar-refractivity contribution in [2.75, 3.05) is 12.4 Å². The van der Waals surface area contributed by atoms with Gasteiger partial charge in [-0.25, -0.2) is 0 Å². The fourth-order valence-electron chi connectivity index (χ4n) is 4.38. The fraction of sp³-hybridized carbons (Fsp3) is 0.348. The van der Waals surface area contributed by atoms with Crippen molar-refractivity contribution < 1.29 is 14.6 Å². The van der Waals surface area contributed by atoms with Crippen LogP contribution in [0.3, 0.4) is 0 Å². The Balaban J connectivity index is 1.77. The molecule has 0 fully saturated rings. The molecule has 28 heavy (non-hydrogen) atoms. The molecular formula is C23H26N2O3. The summed E-state index contributed by atoms with van der Waals surface area (Å²) in [5, 5.41) is 16.9. The second-order valence-electron chi connectivity index (χ2n) is 7.80. The molecule has 1 amide bonds. The molecule has 0 saturated heterocycles. The van der Waals surface area contributed by atoms with Crippen molar-refractivity contribution >= 4 is 11.6 Å². The predicted octanol–water partition coefficient (Wildman–Crippen LogP) is 4.37. The SMILES string of the molecule is COc1ccc(C2Nc3c(C(=O)NC(C)C)cccc3C3C=CCC32)cc1O. The quantitative estimate of drug-likeness (QED) is 0.691. The Morgan fingerprint density at radius 1 is 1.29 bits per heavy atom. The Morgan fingerprint density at radius 3 is 2.82 bits per heavy atom. The lowest BCUT2D eigenvalue weighted by atomic mass is 9.76. The van der Waals surface area contributed by atoms with Crippen LogP contribution in [0.4, 0.5) is 5.69 Å². The Hall–Kier alpha value is -2.95. The zero-order valence-electron chi connectivity index (χ0n) is 16.4. The number of benzene rings is 2. The number of carbonyl (C=O) groups is 1. The molecule has 0 aromatic heterocycles.